The monoisotopic (exact) mass is 407 g/mol. The van der Waals surface area contributed by atoms with E-state index in [-0.39, 0.29) is 30.7 Å². The molecule has 30 heavy (non-hydrogen) atoms. The molecule has 1 unspecified atom stereocenters. The van der Waals surface area contributed by atoms with Gasteiger partial charge in [-0.15, -0.1) is 0 Å². The van der Waals surface area contributed by atoms with Crippen molar-refractivity contribution in [2.24, 2.45) is 7.05 Å². The zero-order valence-electron chi connectivity index (χ0n) is 16.5. The van der Waals surface area contributed by atoms with E-state index in [9.17, 15) is 19.2 Å². The SMILES string of the molecule is Cn1nc(NC(=O)c2ccc3c(c2)CN(C2CCC(=O)NC2=O)C3=O)cc1C1CC1. The molecular formula is C21H21N5O4. The number of imide groups is 1. The average Bonchev–Trinajstić information content (AvgIpc) is 3.41. The van der Waals surface area contributed by atoms with Crippen LogP contribution in [0.3, 0.4) is 0 Å². The Bertz CT molecular complexity index is 1100. The molecule has 5 rings (SSSR count). The van der Waals surface area contributed by atoms with Gasteiger partial charge in [-0.25, -0.2) is 0 Å². The quantitative estimate of drug-likeness (QED) is 0.742. The minimum Gasteiger partial charge on any atom is -0.322 e. The highest BCUT2D eigenvalue weighted by molar-refractivity contribution is 6.07. The molecule has 2 fully saturated rings. The number of piperidine rings is 1. The van der Waals surface area contributed by atoms with Crippen molar-refractivity contribution in [2.45, 2.75) is 44.2 Å². The normalized spacial score (nSPS) is 20.9. The van der Waals surface area contributed by atoms with Crippen LogP contribution in [-0.2, 0) is 23.2 Å². The van der Waals surface area contributed by atoms with Gasteiger partial charge >= 0.3 is 0 Å². The molecule has 1 atom stereocenters. The summed E-state index contributed by atoms with van der Waals surface area (Å²) in [5.74, 6) is -0.301. The van der Waals surface area contributed by atoms with Gasteiger partial charge in [-0.2, -0.15) is 5.10 Å². The van der Waals surface area contributed by atoms with E-state index in [0.29, 0.717) is 34.8 Å². The van der Waals surface area contributed by atoms with Crippen LogP contribution < -0.4 is 10.6 Å². The van der Waals surface area contributed by atoms with Gasteiger partial charge < -0.3 is 10.2 Å². The van der Waals surface area contributed by atoms with Crippen LogP contribution in [0.25, 0.3) is 0 Å². The highest BCUT2D eigenvalue weighted by atomic mass is 16.2. The van der Waals surface area contributed by atoms with E-state index in [1.54, 1.807) is 22.9 Å². The van der Waals surface area contributed by atoms with Crippen LogP contribution >= 0.6 is 0 Å². The molecule has 1 aromatic heterocycles. The van der Waals surface area contributed by atoms with Gasteiger partial charge in [-0.1, -0.05) is 0 Å². The van der Waals surface area contributed by atoms with Gasteiger partial charge in [-0.05, 0) is 43.0 Å². The second kappa shape index (κ2) is 6.79. The summed E-state index contributed by atoms with van der Waals surface area (Å²) in [6.07, 6.45) is 2.81. The lowest BCUT2D eigenvalue weighted by molar-refractivity contribution is -0.136. The highest BCUT2D eigenvalue weighted by Crippen LogP contribution is 2.40. The molecule has 1 saturated heterocycles. The molecular weight excluding hydrogens is 386 g/mol. The number of aryl methyl sites for hydroxylation is 1. The Morgan fingerprint density at radius 3 is 2.70 bits per heavy atom. The van der Waals surface area contributed by atoms with Gasteiger partial charge in [0.2, 0.25) is 11.8 Å². The topological polar surface area (TPSA) is 113 Å². The average molecular weight is 407 g/mol. The van der Waals surface area contributed by atoms with Gasteiger partial charge in [0.15, 0.2) is 5.82 Å². The van der Waals surface area contributed by atoms with Crippen molar-refractivity contribution >= 4 is 29.4 Å². The first-order valence-electron chi connectivity index (χ1n) is 10.0. The molecule has 3 aliphatic rings. The second-order valence-corrected chi connectivity index (χ2v) is 8.08. The maximum Gasteiger partial charge on any atom is 0.256 e. The molecule has 1 aliphatic carbocycles. The van der Waals surface area contributed by atoms with Crippen molar-refractivity contribution in [3.05, 3.63) is 46.6 Å². The van der Waals surface area contributed by atoms with Gasteiger partial charge in [0.05, 0.1) is 0 Å². The molecule has 0 spiro atoms. The minimum atomic E-state index is -0.672. The summed E-state index contributed by atoms with van der Waals surface area (Å²) in [7, 11) is 1.87. The molecule has 1 saturated carbocycles. The first-order chi connectivity index (χ1) is 14.4. The van der Waals surface area contributed by atoms with Crippen LogP contribution in [-0.4, -0.2) is 44.4 Å². The predicted molar refractivity (Wildman–Crippen MR) is 106 cm³/mol. The lowest BCUT2D eigenvalue weighted by Gasteiger charge is -2.29. The Morgan fingerprint density at radius 2 is 1.97 bits per heavy atom. The molecule has 0 radical (unpaired) electrons. The Morgan fingerprint density at radius 1 is 1.17 bits per heavy atom. The van der Waals surface area contributed by atoms with Crippen LogP contribution in [0, 0.1) is 0 Å². The smallest absolute Gasteiger partial charge is 0.256 e. The fourth-order valence-corrected chi connectivity index (χ4v) is 4.21. The summed E-state index contributed by atoms with van der Waals surface area (Å²) >= 11 is 0. The van der Waals surface area contributed by atoms with Crippen molar-refractivity contribution in [1.82, 2.24) is 20.0 Å². The summed E-state index contributed by atoms with van der Waals surface area (Å²) in [4.78, 5) is 50.5. The van der Waals surface area contributed by atoms with Crippen molar-refractivity contribution in [3.63, 3.8) is 0 Å². The van der Waals surface area contributed by atoms with Crippen LogP contribution in [0.2, 0.25) is 0 Å². The molecule has 2 aliphatic heterocycles. The number of benzene rings is 1. The van der Waals surface area contributed by atoms with E-state index in [4.69, 9.17) is 0 Å². The van der Waals surface area contributed by atoms with Gasteiger partial charge in [0.25, 0.3) is 11.8 Å². The van der Waals surface area contributed by atoms with E-state index in [2.05, 4.69) is 15.7 Å². The first-order valence-corrected chi connectivity index (χ1v) is 10.0. The first kappa shape index (κ1) is 18.5. The summed E-state index contributed by atoms with van der Waals surface area (Å²) in [5, 5.41) is 9.46. The second-order valence-electron chi connectivity index (χ2n) is 8.08. The number of fused-ring (bicyclic) bond motifs is 1. The number of rotatable bonds is 4. The summed E-state index contributed by atoms with van der Waals surface area (Å²) in [5.41, 5.74) is 2.71. The van der Waals surface area contributed by atoms with Gasteiger partial charge in [0.1, 0.15) is 6.04 Å². The third-order valence-corrected chi connectivity index (χ3v) is 5.94. The predicted octanol–water partition coefficient (Wildman–Crippen LogP) is 1.31. The Balaban J connectivity index is 1.32. The Kier molecular flexibility index (Phi) is 4.19. The van der Waals surface area contributed by atoms with E-state index in [1.165, 1.54) is 4.90 Å². The highest BCUT2D eigenvalue weighted by Gasteiger charge is 2.39. The third-order valence-electron chi connectivity index (χ3n) is 5.94. The molecule has 0 bridgehead atoms. The number of nitrogens with zero attached hydrogens (tertiary/aromatic N) is 3. The van der Waals surface area contributed by atoms with E-state index in [0.717, 1.165) is 18.5 Å². The molecule has 1 aromatic carbocycles. The van der Waals surface area contributed by atoms with Gasteiger partial charge in [0, 0.05) is 48.8 Å². The standard InChI is InChI=1S/C21H21N5O4/c1-25-16(11-2-3-11)9-17(24-25)22-19(28)12-4-5-14-13(8-12)10-26(21(14)30)15-6-7-18(27)23-20(15)29/h4-5,8-9,11,15H,2-3,6-7,10H2,1H3,(H,22,24,28)(H,23,27,29). The number of anilines is 1. The number of carbonyl (C=O) groups is 4. The van der Waals surface area contributed by atoms with E-state index >= 15 is 0 Å². The molecule has 2 aromatic rings. The number of carbonyl (C=O) groups excluding carboxylic acids is 4. The lowest BCUT2D eigenvalue weighted by atomic mass is 10.0. The van der Waals surface area contributed by atoms with E-state index < -0.39 is 11.9 Å². The molecule has 9 heteroatoms. The number of hydrogen-bond donors (Lipinski definition) is 2. The summed E-state index contributed by atoms with van der Waals surface area (Å²) in [6, 6.07) is 6.13. The maximum atomic E-state index is 12.8. The molecule has 2 N–H and O–H groups in total. The number of aromatic nitrogens is 2. The molecule has 4 amide bonds. The summed E-state index contributed by atoms with van der Waals surface area (Å²) < 4.78 is 1.80. The Labute approximate surface area is 172 Å². The zero-order chi connectivity index (χ0) is 21.0. The Hall–Kier alpha value is -3.49. The number of amides is 4. The fourth-order valence-electron chi connectivity index (χ4n) is 4.21. The fraction of sp³-hybridized carbons (Fsp3) is 0.381. The van der Waals surface area contributed by atoms with Crippen LogP contribution in [0.1, 0.15) is 63.6 Å². The van der Waals surface area contributed by atoms with Crippen LogP contribution in [0.5, 0.6) is 0 Å². The van der Waals surface area contributed by atoms with Crippen molar-refractivity contribution < 1.29 is 19.2 Å². The number of nitrogens with one attached hydrogen (secondary N) is 2. The molecule has 9 nitrogen and oxygen atoms in total. The largest absolute Gasteiger partial charge is 0.322 e. The molecule has 154 valence electrons. The summed E-state index contributed by atoms with van der Waals surface area (Å²) in [6.45, 7) is 0.233. The third kappa shape index (κ3) is 3.16. The number of hydrogen-bond acceptors (Lipinski definition) is 5. The van der Waals surface area contributed by atoms with Crippen molar-refractivity contribution in [1.29, 1.82) is 0 Å². The van der Waals surface area contributed by atoms with Gasteiger partial charge in [-0.3, -0.25) is 29.2 Å². The lowest BCUT2D eigenvalue weighted by Crippen LogP contribution is -2.52. The van der Waals surface area contributed by atoms with Crippen molar-refractivity contribution in [2.75, 3.05) is 5.32 Å². The van der Waals surface area contributed by atoms with E-state index in [1.807, 2.05) is 13.1 Å². The molecule has 3 heterocycles. The van der Waals surface area contributed by atoms with Crippen LogP contribution in [0.15, 0.2) is 24.3 Å². The maximum absolute atomic E-state index is 12.8. The minimum absolute atomic E-state index is 0.205. The zero-order valence-corrected chi connectivity index (χ0v) is 16.5. The van der Waals surface area contributed by atoms with Crippen molar-refractivity contribution in [3.8, 4) is 0 Å². The van der Waals surface area contributed by atoms with Crippen LogP contribution in [0.4, 0.5) is 5.82 Å².